The number of hydrogen-bond acceptors (Lipinski definition) is 11. The van der Waals surface area contributed by atoms with Gasteiger partial charge in [0.1, 0.15) is 23.2 Å². The third kappa shape index (κ3) is 9.73. The second-order valence-electron chi connectivity index (χ2n) is 7.79. The van der Waals surface area contributed by atoms with E-state index in [2.05, 4.69) is 10.3 Å². The summed E-state index contributed by atoms with van der Waals surface area (Å²) in [6, 6.07) is 2.18. The highest BCUT2D eigenvalue weighted by Crippen LogP contribution is 2.27. The molecular weight excluding hydrogens is 478 g/mol. The van der Waals surface area contributed by atoms with Crippen LogP contribution >= 0.6 is 11.8 Å². The summed E-state index contributed by atoms with van der Waals surface area (Å²) in [5.74, 6) is -0.0907. The van der Waals surface area contributed by atoms with E-state index in [9.17, 15) is 14.4 Å². The van der Waals surface area contributed by atoms with Crippen LogP contribution in [0.1, 0.15) is 45.4 Å². The van der Waals surface area contributed by atoms with Crippen LogP contribution in [0.2, 0.25) is 0 Å². The van der Waals surface area contributed by atoms with Crippen LogP contribution in [0.25, 0.3) is 0 Å². The number of ether oxygens (including phenoxy) is 4. The lowest BCUT2D eigenvalue weighted by Crippen LogP contribution is -2.54. The molecule has 2 atom stereocenters. The number of aliphatic imine (C=N–C) groups is 1. The molecule has 1 amide bonds. The molecular formula is C23H35N3O8S. The molecule has 35 heavy (non-hydrogen) atoms. The largest absolute Gasteiger partial charge is 0.491 e. The van der Waals surface area contributed by atoms with E-state index in [1.165, 1.54) is 13.0 Å². The molecule has 1 aromatic rings. The molecule has 1 aliphatic heterocycles. The number of nitrogens with two attached hydrogens (primary N) is 1. The van der Waals surface area contributed by atoms with Gasteiger partial charge in [-0.15, -0.1) is 0 Å². The van der Waals surface area contributed by atoms with Gasteiger partial charge in [0.15, 0.2) is 11.4 Å². The predicted octanol–water partition coefficient (Wildman–Crippen LogP) is 1.44. The molecule has 1 aliphatic rings. The number of carbonyl (C=O) groups excluding carboxylic acids is 2. The number of Topliss-reactive ketones (excluding diaryl/α,β-unsaturated/α-hetero) is 1. The topological polar surface area (TPSA) is 152 Å². The molecule has 0 spiro atoms. The van der Waals surface area contributed by atoms with Crippen LogP contribution in [-0.2, 0) is 23.8 Å². The van der Waals surface area contributed by atoms with Gasteiger partial charge < -0.3 is 28.7 Å². The maximum absolute atomic E-state index is 12.9. The van der Waals surface area contributed by atoms with Gasteiger partial charge in [-0.3, -0.25) is 15.3 Å². The molecule has 0 fully saturated rings. The van der Waals surface area contributed by atoms with E-state index in [0.717, 1.165) is 11.8 Å². The number of carbonyl (C=O) groups is 2. The Morgan fingerprint density at radius 2 is 1.80 bits per heavy atom. The molecule has 11 nitrogen and oxygen atoms in total. The summed E-state index contributed by atoms with van der Waals surface area (Å²) in [6.45, 7) is 8.35. The molecule has 0 aliphatic carbocycles. The van der Waals surface area contributed by atoms with Crippen LogP contribution in [0.4, 0.5) is 0 Å². The number of nitrogens with zero attached hydrogens (tertiary/aromatic N) is 1. The fourth-order valence-corrected chi connectivity index (χ4v) is 4.09. The highest BCUT2D eigenvalue weighted by atomic mass is 32.2. The van der Waals surface area contributed by atoms with Gasteiger partial charge in [0.05, 0.1) is 45.1 Å². The van der Waals surface area contributed by atoms with Crippen LogP contribution in [0.3, 0.4) is 0 Å². The molecule has 0 radical (unpaired) electrons. The van der Waals surface area contributed by atoms with E-state index >= 15 is 0 Å². The van der Waals surface area contributed by atoms with Crippen molar-refractivity contribution in [3.8, 4) is 5.75 Å². The van der Waals surface area contributed by atoms with Gasteiger partial charge in [-0.2, -0.15) is 0 Å². The van der Waals surface area contributed by atoms with E-state index in [4.69, 9.17) is 29.1 Å². The van der Waals surface area contributed by atoms with Crippen LogP contribution in [0.5, 0.6) is 5.75 Å². The second-order valence-corrected chi connectivity index (χ2v) is 8.75. The molecule has 0 aromatic carbocycles. The van der Waals surface area contributed by atoms with E-state index in [1.54, 1.807) is 6.07 Å². The monoisotopic (exact) mass is 513 g/mol. The summed E-state index contributed by atoms with van der Waals surface area (Å²) in [7, 11) is 0. The normalized spacial score (nSPS) is 18.2. The Hall–Kier alpha value is -2.25. The lowest BCUT2D eigenvalue weighted by molar-refractivity contribution is -0.126. The van der Waals surface area contributed by atoms with Crippen LogP contribution in [0.15, 0.2) is 26.3 Å². The van der Waals surface area contributed by atoms with Crippen LogP contribution in [0, 0.1) is 0 Å². The first kappa shape index (κ1) is 29.0. The second kappa shape index (κ2) is 15.0. The minimum Gasteiger partial charge on any atom is -0.491 e. The van der Waals surface area contributed by atoms with Crippen molar-refractivity contribution in [2.75, 3.05) is 52.0 Å². The highest BCUT2D eigenvalue weighted by Gasteiger charge is 2.41. The number of rotatable bonds is 17. The first-order valence-electron chi connectivity index (χ1n) is 11.6. The van der Waals surface area contributed by atoms with Crippen molar-refractivity contribution in [2.24, 2.45) is 10.7 Å². The van der Waals surface area contributed by atoms with E-state index in [1.807, 2.05) is 13.8 Å². The van der Waals surface area contributed by atoms with E-state index < -0.39 is 23.2 Å². The number of thioether (sulfide) groups is 1. The third-order valence-electron chi connectivity index (χ3n) is 4.86. The lowest BCUT2D eigenvalue weighted by Gasteiger charge is -2.24. The average Bonchev–Trinajstić information content (AvgIpc) is 3.23. The van der Waals surface area contributed by atoms with Crippen LogP contribution < -0.4 is 21.4 Å². The molecule has 2 rings (SSSR count). The Morgan fingerprint density at radius 3 is 2.40 bits per heavy atom. The van der Waals surface area contributed by atoms with Crippen molar-refractivity contribution in [1.29, 1.82) is 0 Å². The zero-order valence-corrected chi connectivity index (χ0v) is 21.3. The van der Waals surface area contributed by atoms with E-state index in [-0.39, 0.29) is 28.9 Å². The Labute approximate surface area is 209 Å². The first-order valence-corrected chi connectivity index (χ1v) is 12.6. The Bertz CT molecular complexity index is 922. The van der Waals surface area contributed by atoms with Gasteiger partial charge in [-0.1, -0.05) is 25.1 Å². The lowest BCUT2D eigenvalue weighted by atomic mass is 10.1. The van der Waals surface area contributed by atoms with Gasteiger partial charge in [-0.05, 0) is 13.3 Å². The molecule has 0 saturated heterocycles. The summed E-state index contributed by atoms with van der Waals surface area (Å²) in [5.41, 5.74) is 3.98. The average molecular weight is 514 g/mol. The van der Waals surface area contributed by atoms with Gasteiger partial charge in [0.2, 0.25) is 0 Å². The van der Waals surface area contributed by atoms with Crippen molar-refractivity contribution in [1.82, 2.24) is 5.32 Å². The van der Waals surface area contributed by atoms with Gasteiger partial charge in [0.25, 0.3) is 5.91 Å². The molecule has 0 unspecified atom stereocenters. The minimum atomic E-state index is -1.56. The first-order chi connectivity index (χ1) is 16.8. The molecule has 0 saturated carbocycles. The molecule has 3 N–H and O–H groups in total. The van der Waals surface area contributed by atoms with Crippen molar-refractivity contribution in [2.45, 2.75) is 45.3 Å². The van der Waals surface area contributed by atoms with Gasteiger partial charge in [0, 0.05) is 25.3 Å². The number of hydrogen-bond donors (Lipinski definition) is 2. The van der Waals surface area contributed by atoms with Crippen molar-refractivity contribution in [3.63, 3.8) is 0 Å². The third-order valence-corrected chi connectivity index (χ3v) is 6.09. The maximum atomic E-state index is 12.9. The molecule has 196 valence electrons. The van der Waals surface area contributed by atoms with Gasteiger partial charge in [-0.25, -0.2) is 9.79 Å². The summed E-state index contributed by atoms with van der Waals surface area (Å²) < 4.78 is 27.0. The summed E-state index contributed by atoms with van der Waals surface area (Å²) >= 11 is 1.14. The SMILES string of the molecule is CCC[C@@H](NC(=O)[C@]1(N)CSC(C(C)=O)=N1)c1cc(OCCOCCOCCOCC)cc(=O)o1. The smallest absolute Gasteiger partial charge is 0.339 e. The number of ketones is 1. The Morgan fingerprint density at radius 1 is 1.14 bits per heavy atom. The number of amides is 1. The fraction of sp³-hybridized carbons (Fsp3) is 0.652. The predicted molar refractivity (Wildman–Crippen MR) is 132 cm³/mol. The minimum absolute atomic E-state index is 0.150. The van der Waals surface area contributed by atoms with Crippen molar-refractivity contribution >= 4 is 28.5 Å². The molecule has 12 heteroatoms. The fourth-order valence-electron chi connectivity index (χ4n) is 3.11. The summed E-state index contributed by atoms with van der Waals surface area (Å²) in [5, 5.41) is 3.03. The van der Waals surface area contributed by atoms with E-state index in [0.29, 0.717) is 58.2 Å². The standard InChI is InChI=1S/C23H35N3O8S/c1-4-6-18(25-22(29)23(24)15-35-21(26-23)16(3)27)19-13-17(14-20(28)34-19)33-12-11-32-10-9-31-8-7-30-5-2/h13-14,18H,4-12,15,24H2,1-3H3,(H,25,29)/t18-,23+/m1/s1. The molecule has 1 aromatic heterocycles. The van der Waals surface area contributed by atoms with Gasteiger partial charge >= 0.3 is 5.63 Å². The maximum Gasteiger partial charge on any atom is 0.339 e. The summed E-state index contributed by atoms with van der Waals surface area (Å²) in [6.07, 6.45) is 1.20. The quantitative estimate of drug-likeness (QED) is 0.293. The molecule has 0 bridgehead atoms. The Kier molecular flexibility index (Phi) is 12.4. The van der Waals surface area contributed by atoms with Crippen molar-refractivity contribution in [3.05, 3.63) is 28.3 Å². The Balaban J connectivity index is 1.90. The number of nitrogens with one attached hydrogen (secondary N) is 1. The zero-order valence-electron chi connectivity index (χ0n) is 20.5. The highest BCUT2D eigenvalue weighted by molar-refractivity contribution is 8.16. The van der Waals surface area contributed by atoms with Crippen molar-refractivity contribution < 1.29 is 33.0 Å². The molecule has 2 heterocycles. The zero-order chi connectivity index (χ0) is 25.7. The summed E-state index contributed by atoms with van der Waals surface area (Å²) in [4.78, 5) is 40.7. The van der Waals surface area contributed by atoms with Crippen LogP contribution in [-0.4, -0.2) is 74.4 Å².